The summed E-state index contributed by atoms with van der Waals surface area (Å²) >= 11 is 0. The number of hydrogen-bond donors (Lipinski definition) is 4. The molecule has 3 fully saturated rings. The molecular weight excluding hydrogens is 749 g/mol. The molecule has 0 radical (unpaired) electrons. The predicted molar refractivity (Wildman–Crippen MR) is 219 cm³/mol. The molecule has 1 saturated carbocycles. The van der Waals surface area contributed by atoms with Gasteiger partial charge in [-0.3, -0.25) is 9.59 Å². The van der Waals surface area contributed by atoms with Crippen LogP contribution in [-0.2, 0) is 19.1 Å². The van der Waals surface area contributed by atoms with Gasteiger partial charge < -0.3 is 39.9 Å². The van der Waals surface area contributed by atoms with Crippen molar-refractivity contribution in [1.82, 2.24) is 40.4 Å². The molecule has 4 N–H and O–H groups in total. The van der Waals surface area contributed by atoms with E-state index in [1.165, 1.54) is 14.2 Å². The summed E-state index contributed by atoms with van der Waals surface area (Å²) in [6.45, 7) is 5.02. The van der Waals surface area contributed by atoms with Crippen LogP contribution in [0, 0.1) is 23.2 Å². The lowest BCUT2D eigenvalue weighted by atomic mass is 10.0. The summed E-state index contributed by atoms with van der Waals surface area (Å²) in [7, 11) is 2.57. The highest BCUT2D eigenvalue weighted by Crippen LogP contribution is 2.58. The van der Waals surface area contributed by atoms with E-state index < -0.39 is 24.3 Å². The molecule has 1 spiro atoms. The molecule has 1 aliphatic carbocycles. The summed E-state index contributed by atoms with van der Waals surface area (Å²) < 4.78 is 9.63. The third-order valence-electron chi connectivity index (χ3n) is 11.8. The fourth-order valence-electron chi connectivity index (χ4n) is 8.33. The summed E-state index contributed by atoms with van der Waals surface area (Å²) in [5.41, 5.74) is 5.83. The first-order valence-electron chi connectivity index (χ1n) is 20.1. The number of aromatic nitrogens is 4. The average Bonchev–Trinajstić information content (AvgIpc) is 3.74. The highest BCUT2D eigenvalue weighted by Gasteiger charge is 2.55. The van der Waals surface area contributed by atoms with Gasteiger partial charge in [-0.05, 0) is 84.9 Å². The first-order chi connectivity index (χ1) is 28.5. The lowest BCUT2D eigenvalue weighted by Gasteiger charge is -2.30. The van der Waals surface area contributed by atoms with Crippen molar-refractivity contribution in [1.29, 1.82) is 0 Å². The standard InChI is InChI=1S/C45H48N8O6/c1-27(2)37(50-43(56)58-3)41(54)53-26-45(20-21-45)24-36(53)40-47-32-19-16-29(23-33(32)48-40)13-12-28-14-17-30(18-15-28)34-25-46-39(49-34)35-11-8-22-52(35)42(55)38(51-44(57)59-4)31-9-6-5-7-10-31/h5-7,9-10,14-19,23,25,27,35-38H,8,11,20-22,24,26H2,1-4H3,(H,46,49)(H,47,48)(H,50,56)(H,51,57)/t35-,36-,37-,38-/m0/s1. The van der Waals surface area contributed by atoms with Crippen molar-refractivity contribution in [2.45, 2.75) is 70.1 Å². The second-order valence-electron chi connectivity index (χ2n) is 16.1. The lowest BCUT2D eigenvalue weighted by Crippen LogP contribution is -2.51. The molecule has 3 aliphatic rings. The van der Waals surface area contributed by atoms with Crippen LogP contribution in [0.3, 0.4) is 0 Å². The van der Waals surface area contributed by atoms with Crippen LogP contribution < -0.4 is 10.6 Å². The van der Waals surface area contributed by atoms with E-state index in [0.29, 0.717) is 24.5 Å². The summed E-state index contributed by atoms with van der Waals surface area (Å²) in [6.07, 6.45) is 5.01. The third-order valence-corrected chi connectivity index (χ3v) is 11.8. The van der Waals surface area contributed by atoms with Gasteiger partial charge in [0.15, 0.2) is 0 Å². The van der Waals surface area contributed by atoms with Crippen LogP contribution in [0.15, 0.2) is 79.0 Å². The number of fused-ring (bicyclic) bond motifs is 1. The van der Waals surface area contributed by atoms with Crippen molar-refractivity contribution < 1.29 is 28.7 Å². The summed E-state index contributed by atoms with van der Waals surface area (Å²) in [5, 5.41) is 5.44. The van der Waals surface area contributed by atoms with Crippen LogP contribution in [0.2, 0.25) is 0 Å². The fourth-order valence-corrected chi connectivity index (χ4v) is 8.33. The Hall–Kier alpha value is -6.62. The number of hydrogen-bond acceptors (Lipinski definition) is 8. The van der Waals surface area contributed by atoms with Crippen molar-refractivity contribution in [3.05, 3.63) is 107 Å². The number of amides is 4. The van der Waals surface area contributed by atoms with Gasteiger partial charge in [0, 0.05) is 24.2 Å². The number of H-pyrrole nitrogens is 2. The molecule has 4 amide bonds. The van der Waals surface area contributed by atoms with E-state index >= 15 is 0 Å². The Morgan fingerprint density at radius 1 is 0.831 bits per heavy atom. The Balaban J connectivity index is 0.948. The zero-order valence-corrected chi connectivity index (χ0v) is 33.6. The van der Waals surface area contributed by atoms with Crippen molar-refractivity contribution >= 4 is 35.0 Å². The number of aromatic amines is 2. The normalized spacial score (nSPS) is 18.9. The quantitative estimate of drug-likeness (QED) is 0.122. The topological polar surface area (TPSA) is 175 Å². The lowest BCUT2D eigenvalue weighted by molar-refractivity contribution is -0.136. The number of likely N-dealkylation sites (tertiary alicyclic amines) is 2. The smallest absolute Gasteiger partial charge is 0.407 e. The molecule has 59 heavy (non-hydrogen) atoms. The van der Waals surface area contributed by atoms with Gasteiger partial charge in [0.1, 0.15) is 23.7 Å². The van der Waals surface area contributed by atoms with E-state index in [1.54, 1.807) is 11.1 Å². The van der Waals surface area contributed by atoms with Crippen LogP contribution in [0.1, 0.15) is 92.4 Å². The largest absolute Gasteiger partial charge is 0.453 e. The Morgan fingerprint density at radius 2 is 1.54 bits per heavy atom. The van der Waals surface area contributed by atoms with Crippen LogP contribution in [0.25, 0.3) is 22.3 Å². The Kier molecular flexibility index (Phi) is 10.9. The minimum Gasteiger partial charge on any atom is -0.453 e. The number of methoxy groups -OCH3 is 2. The molecule has 0 unspecified atom stereocenters. The number of carbonyl (C=O) groups is 4. The molecule has 4 heterocycles. The molecule has 3 aromatic carbocycles. The van der Waals surface area contributed by atoms with Crippen molar-refractivity contribution in [3.63, 3.8) is 0 Å². The molecule has 0 bridgehead atoms. The Labute approximate surface area is 342 Å². The summed E-state index contributed by atoms with van der Waals surface area (Å²) in [4.78, 5) is 72.2. The van der Waals surface area contributed by atoms with Crippen LogP contribution in [-0.4, -0.2) is 87.1 Å². The van der Waals surface area contributed by atoms with Crippen molar-refractivity contribution in [2.75, 3.05) is 27.3 Å². The number of nitrogens with one attached hydrogen (secondary N) is 4. The number of nitrogens with zero attached hydrogens (tertiary/aromatic N) is 4. The van der Waals surface area contributed by atoms with E-state index in [1.807, 2.05) is 91.5 Å². The Morgan fingerprint density at radius 3 is 2.25 bits per heavy atom. The van der Waals surface area contributed by atoms with Crippen LogP contribution in [0.4, 0.5) is 9.59 Å². The van der Waals surface area contributed by atoms with E-state index in [2.05, 4.69) is 37.4 Å². The molecule has 2 aliphatic heterocycles. The molecule has 2 aromatic heterocycles. The summed E-state index contributed by atoms with van der Waals surface area (Å²) in [5.74, 6) is 7.51. The second kappa shape index (κ2) is 16.3. The van der Waals surface area contributed by atoms with Gasteiger partial charge >= 0.3 is 12.2 Å². The fraction of sp³-hybridized carbons (Fsp3) is 0.378. The third kappa shape index (κ3) is 8.23. The number of ether oxygens (including phenoxy) is 2. The van der Waals surface area contributed by atoms with Gasteiger partial charge in [-0.2, -0.15) is 0 Å². The first kappa shape index (κ1) is 39.2. The van der Waals surface area contributed by atoms with Crippen molar-refractivity contribution in [2.24, 2.45) is 11.3 Å². The number of rotatable bonds is 9. The second-order valence-corrected chi connectivity index (χ2v) is 16.1. The highest BCUT2D eigenvalue weighted by atomic mass is 16.5. The van der Waals surface area contributed by atoms with Gasteiger partial charge in [-0.1, -0.05) is 68.2 Å². The molecule has 14 nitrogen and oxygen atoms in total. The summed E-state index contributed by atoms with van der Waals surface area (Å²) in [6, 6.07) is 20.8. The van der Waals surface area contributed by atoms with Crippen LogP contribution >= 0.6 is 0 Å². The average molecular weight is 797 g/mol. The molecule has 2 saturated heterocycles. The predicted octanol–water partition coefficient (Wildman–Crippen LogP) is 6.55. The molecule has 8 rings (SSSR count). The maximum Gasteiger partial charge on any atom is 0.407 e. The first-order valence-corrected chi connectivity index (χ1v) is 20.1. The van der Waals surface area contributed by atoms with Gasteiger partial charge in [-0.15, -0.1) is 0 Å². The van der Waals surface area contributed by atoms with Crippen LogP contribution in [0.5, 0.6) is 0 Å². The SMILES string of the molecule is COC(=O)N[C@H](C(=O)N1CCC[C@H]1c1ncc(-c2ccc(C#Cc3ccc4nc([C@@H]5CC6(CC6)CN5C(=O)[C@@H](NC(=O)OC)C(C)C)[nH]c4c3)cc2)[nH]1)c1ccccc1. The van der Waals surface area contributed by atoms with E-state index in [0.717, 1.165) is 71.3 Å². The van der Waals surface area contributed by atoms with E-state index in [4.69, 9.17) is 14.5 Å². The minimum absolute atomic E-state index is 0.105. The van der Waals surface area contributed by atoms with Gasteiger partial charge in [0.05, 0.1) is 49.2 Å². The molecule has 5 aromatic rings. The molecule has 14 heteroatoms. The van der Waals surface area contributed by atoms with Gasteiger partial charge in [0.25, 0.3) is 5.91 Å². The maximum atomic E-state index is 13.9. The zero-order valence-electron chi connectivity index (χ0n) is 33.6. The number of alkyl carbamates (subject to hydrolysis) is 2. The molecular formula is C45H48N8O6. The van der Waals surface area contributed by atoms with Crippen molar-refractivity contribution in [3.8, 4) is 23.1 Å². The monoisotopic (exact) mass is 796 g/mol. The molecule has 4 atom stereocenters. The van der Waals surface area contributed by atoms with E-state index in [-0.39, 0.29) is 35.2 Å². The number of benzene rings is 3. The highest BCUT2D eigenvalue weighted by molar-refractivity contribution is 5.88. The maximum absolute atomic E-state index is 13.9. The number of imidazole rings is 2. The Bertz CT molecular complexity index is 2430. The number of carbonyl (C=O) groups excluding carboxylic acids is 4. The minimum atomic E-state index is -0.886. The van der Waals surface area contributed by atoms with Gasteiger partial charge in [0.2, 0.25) is 5.91 Å². The zero-order chi connectivity index (χ0) is 41.3. The van der Waals surface area contributed by atoms with Gasteiger partial charge in [-0.25, -0.2) is 19.6 Å². The van der Waals surface area contributed by atoms with E-state index in [9.17, 15) is 19.2 Å². The molecule has 304 valence electrons.